The smallest absolute Gasteiger partial charge is 0.329 e. The number of unbranched alkanes of at least 4 members (excludes halogenated alkanes) is 2. The SMILES string of the molecule is CCCCCC1SCC(C(=O)OCC(C)C)N1C(=O)C1CCC1. The Morgan fingerprint density at radius 1 is 1.26 bits per heavy atom. The fourth-order valence-electron chi connectivity index (χ4n) is 3.04. The maximum Gasteiger partial charge on any atom is 0.329 e. The fraction of sp³-hybridized carbons (Fsp3) is 0.889. The maximum atomic E-state index is 12.8. The van der Waals surface area contributed by atoms with E-state index in [1.165, 1.54) is 12.8 Å². The minimum atomic E-state index is -0.376. The van der Waals surface area contributed by atoms with Gasteiger partial charge in [0.15, 0.2) is 0 Å². The van der Waals surface area contributed by atoms with E-state index < -0.39 is 0 Å². The first-order chi connectivity index (χ1) is 11.0. The molecule has 2 rings (SSSR count). The lowest BCUT2D eigenvalue weighted by Crippen LogP contribution is -2.50. The van der Waals surface area contributed by atoms with Gasteiger partial charge in [0.1, 0.15) is 6.04 Å². The lowest BCUT2D eigenvalue weighted by atomic mass is 9.84. The van der Waals surface area contributed by atoms with Crippen LogP contribution in [0.1, 0.15) is 65.7 Å². The Labute approximate surface area is 144 Å². The van der Waals surface area contributed by atoms with Gasteiger partial charge in [-0.15, -0.1) is 11.8 Å². The number of esters is 1. The standard InChI is InChI=1S/C18H31NO3S/c1-4-5-6-10-16-19(17(20)14-8-7-9-14)15(12-23-16)18(21)22-11-13(2)3/h13-16H,4-12H2,1-3H3. The Morgan fingerprint density at radius 2 is 2.00 bits per heavy atom. The number of thioether (sulfide) groups is 1. The third-order valence-corrected chi connectivity index (χ3v) is 6.04. The average Bonchev–Trinajstić information content (AvgIpc) is 2.87. The second kappa shape index (κ2) is 8.95. The van der Waals surface area contributed by atoms with Gasteiger partial charge in [-0.2, -0.15) is 0 Å². The fourth-order valence-corrected chi connectivity index (χ4v) is 4.49. The van der Waals surface area contributed by atoms with Crippen LogP contribution < -0.4 is 0 Å². The van der Waals surface area contributed by atoms with E-state index in [4.69, 9.17) is 4.74 Å². The molecule has 0 bridgehead atoms. The van der Waals surface area contributed by atoms with Gasteiger partial charge in [-0.05, 0) is 25.2 Å². The number of carbonyl (C=O) groups excluding carboxylic acids is 2. The molecule has 5 heteroatoms. The molecule has 0 radical (unpaired) electrons. The van der Waals surface area contributed by atoms with Crippen molar-refractivity contribution in [3.63, 3.8) is 0 Å². The lowest BCUT2D eigenvalue weighted by molar-refractivity contribution is -0.157. The molecule has 2 unspecified atom stereocenters. The zero-order chi connectivity index (χ0) is 16.8. The minimum absolute atomic E-state index is 0.141. The Hall–Kier alpha value is -0.710. The molecule has 1 saturated heterocycles. The Bertz CT molecular complexity index is 409. The van der Waals surface area contributed by atoms with Crippen LogP contribution in [0.3, 0.4) is 0 Å². The molecule has 0 N–H and O–H groups in total. The largest absolute Gasteiger partial charge is 0.464 e. The summed E-state index contributed by atoms with van der Waals surface area (Å²) < 4.78 is 5.43. The van der Waals surface area contributed by atoms with E-state index >= 15 is 0 Å². The summed E-state index contributed by atoms with van der Waals surface area (Å²) in [6, 6.07) is -0.376. The highest BCUT2D eigenvalue weighted by Gasteiger charge is 2.44. The highest BCUT2D eigenvalue weighted by Crippen LogP contribution is 2.38. The van der Waals surface area contributed by atoms with Crippen molar-refractivity contribution in [3.8, 4) is 0 Å². The van der Waals surface area contributed by atoms with E-state index in [2.05, 4.69) is 6.92 Å². The van der Waals surface area contributed by atoms with E-state index in [-0.39, 0.29) is 29.2 Å². The van der Waals surface area contributed by atoms with Crippen LogP contribution in [0.15, 0.2) is 0 Å². The molecule has 23 heavy (non-hydrogen) atoms. The summed E-state index contributed by atoms with van der Waals surface area (Å²) in [5.41, 5.74) is 0. The average molecular weight is 342 g/mol. The van der Waals surface area contributed by atoms with Gasteiger partial charge in [-0.1, -0.05) is 46.5 Å². The molecule has 1 aliphatic heterocycles. The number of hydrogen-bond donors (Lipinski definition) is 0. The quantitative estimate of drug-likeness (QED) is 0.497. The van der Waals surface area contributed by atoms with Crippen LogP contribution in [0.2, 0.25) is 0 Å². The summed E-state index contributed by atoms with van der Waals surface area (Å²) in [6.45, 7) is 6.68. The molecule has 2 aliphatic rings. The molecule has 1 aliphatic carbocycles. The molecular weight excluding hydrogens is 310 g/mol. The third kappa shape index (κ3) is 4.88. The van der Waals surface area contributed by atoms with Crippen molar-refractivity contribution >= 4 is 23.6 Å². The zero-order valence-electron chi connectivity index (χ0n) is 14.8. The minimum Gasteiger partial charge on any atom is -0.464 e. The Balaban J connectivity index is 2.00. The lowest BCUT2D eigenvalue weighted by Gasteiger charge is -2.35. The monoisotopic (exact) mass is 341 g/mol. The number of hydrogen-bond acceptors (Lipinski definition) is 4. The number of carbonyl (C=O) groups is 2. The summed E-state index contributed by atoms with van der Waals surface area (Å²) in [4.78, 5) is 27.1. The summed E-state index contributed by atoms with van der Waals surface area (Å²) in [7, 11) is 0. The van der Waals surface area contributed by atoms with E-state index in [9.17, 15) is 9.59 Å². The molecule has 2 atom stereocenters. The molecule has 0 aromatic rings. The van der Waals surface area contributed by atoms with Gasteiger partial charge >= 0.3 is 5.97 Å². The highest BCUT2D eigenvalue weighted by molar-refractivity contribution is 8.00. The molecule has 4 nitrogen and oxygen atoms in total. The number of nitrogens with zero attached hydrogens (tertiary/aromatic N) is 1. The van der Waals surface area contributed by atoms with Gasteiger partial charge in [0.05, 0.1) is 12.0 Å². The van der Waals surface area contributed by atoms with Gasteiger partial charge in [0.25, 0.3) is 0 Å². The molecule has 132 valence electrons. The summed E-state index contributed by atoms with van der Waals surface area (Å²) >= 11 is 1.76. The number of rotatable bonds is 8. The molecule has 1 saturated carbocycles. The molecule has 0 aromatic carbocycles. The summed E-state index contributed by atoms with van der Waals surface area (Å²) in [5, 5.41) is 0.159. The first-order valence-corrected chi connectivity index (χ1v) is 10.2. The number of amides is 1. The van der Waals surface area contributed by atoms with Crippen molar-refractivity contribution in [2.75, 3.05) is 12.4 Å². The Kier molecular flexibility index (Phi) is 7.25. The molecule has 0 spiro atoms. The summed E-state index contributed by atoms with van der Waals surface area (Å²) in [6.07, 6.45) is 7.57. The molecule has 1 amide bonds. The third-order valence-electron chi connectivity index (χ3n) is 4.69. The van der Waals surface area contributed by atoms with E-state index in [0.717, 1.165) is 32.1 Å². The van der Waals surface area contributed by atoms with E-state index in [1.807, 2.05) is 18.7 Å². The van der Waals surface area contributed by atoms with Gasteiger partial charge in [-0.25, -0.2) is 4.79 Å². The van der Waals surface area contributed by atoms with Gasteiger partial charge in [0.2, 0.25) is 5.91 Å². The van der Waals surface area contributed by atoms with Gasteiger partial charge < -0.3 is 9.64 Å². The van der Waals surface area contributed by atoms with Crippen molar-refractivity contribution in [2.24, 2.45) is 11.8 Å². The Morgan fingerprint density at radius 3 is 2.57 bits per heavy atom. The second-order valence-corrected chi connectivity index (χ2v) is 8.41. The van der Waals surface area contributed by atoms with Crippen LogP contribution in [-0.4, -0.2) is 40.6 Å². The van der Waals surface area contributed by atoms with Crippen molar-refractivity contribution < 1.29 is 14.3 Å². The molecule has 2 fully saturated rings. The molecule has 1 heterocycles. The first-order valence-electron chi connectivity index (χ1n) is 9.15. The van der Waals surface area contributed by atoms with Crippen LogP contribution in [0, 0.1) is 11.8 Å². The first kappa shape index (κ1) is 18.6. The van der Waals surface area contributed by atoms with Crippen molar-refractivity contribution in [1.29, 1.82) is 0 Å². The second-order valence-electron chi connectivity index (χ2n) is 7.20. The maximum absolute atomic E-state index is 12.8. The van der Waals surface area contributed by atoms with Crippen LogP contribution in [0.25, 0.3) is 0 Å². The zero-order valence-corrected chi connectivity index (χ0v) is 15.6. The van der Waals surface area contributed by atoms with Crippen LogP contribution in [-0.2, 0) is 14.3 Å². The highest BCUT2D eigenvalue weighted by atomic mass is 32.2. The van der Waals surface area contributed by atoms with E-state index in [1.54, 1.807) is 11.8 Å². The van der Waals surface area contributed by atoms with Crippen molar-refractivity contribution in [3.05, 3.63) is 0 Å². The van der Waals surface area contributed by atoms with Crippen LogP contribution in [0.4, 0.5) is 0 Å². The van der Waals surface area contributed by atoms with E-state index in [0.29, 0.717) is 18.3 Å². The predicted molar refractivity (Wildman–Crippen MR) is 94.2 cm³/mol. The van der Waals surface area contributed by atoms with Crippen LogP contribution >= 0.6 is 11.8 Å². The predicted octanol–water partition coefficient (Wildman–Crippen LogP) is 3.84. The molecular formula is C18H31NO3S. The van der Waals surface area contributed by atoms with Crippen molar-refractivity contribution in [1.82, 2.24) is 4.90 Å². The summed E-state index contributed by atoms with van der Waals surface area (Å²) in [5.74, 6) is 1.13. The molecule has 0 aromatic heterocycles. The normalized spacial score (nSPS) is 24.8. The topological polar surface area (TPSA) is 46.6 Å². The number of ether oxygens (including phenoxy) is 1. The van der Waals surface area contributed by atoms with Gasteiger partial charge in [-0.3, -0.25) is 4.79 Å². The van der Waals surface area contributed by atoms with Crippen LogP contribution in [0.5, 0.6) is 0 Å². The van der Waals surface area contributed by atoms with Gasteiger partial charge in [0, 0.05) is 11.7 Å². The van der Waals surface area contributed by atoms with Crippen molar-refractivity contribution in [2.45, 2.75) is 77.1 Å².